The number of aromatic nitrogens is 2. The van der Waals surface area contributed by atoms with Gasteiger partial charge in [-0.1, -0.05) is 12.1 Å². The minimum Gasteiger partial charge on any atom is -0.396 e. The first-order valence-electron chi connectivity index (χ1n) is 7.11. The van der Waals surface area contributed by atoms with E-state index in [0.29, 0.717) is 13.0 Å². The lowest BCUT2D eigenvalue weighted by Gasteiger charge is -2.29. The van der Waals surface area contributed by atoms with Crippen LogP contribution in [0.25, 0.3) is 5.69 Å². The zero-order valence-electron chi connectivity index (χ0n) is 12.6. The van der Waals surface area contributed by atoms with E-state index in [0.717, 1.165) is 12.2 Å². The zero-order valence-corrected chi connectivity index (χ0v) is 12.6. The molecule has 114 valence electrons. The molecule has 0 fully saturated rings. The molecule has 0 saturated carbocycles. The fraction of sp³-hybridized carbons (Fsp3) is 0.438. The van der Waals surface area contributed by atoms with Gasteiger partial charge in [-0.3, -0.25) is 0 Å². The molecule has 21 heavy (non-hydrogen) atoms. The van der Waals surface area contributed by atoms with Crippen molar-refractivity contribution < 1.29 is 9.84 Å². The summed E-state index contributed by atoms with van der Waals surface area (Å²) in [7, 11) is 1.68. The fourth-order valence-corrected chi connectivity index (χ4v) is 2.32. The predicted octanol–water partition coefficient (Wildman–Crippen LogP) is 1.75. The standard InChI is InChI=1S/C16H23N3O2/c1-16(7-10-20,13-21-2)17-12-14-5-3-6-15(11-14)19-9-4-8-18-19/h3-6,8-9,11,17,20H,7,10,12-13H2,1-2H3. The van der Waals surface area contributed by atoms with Gasteiger partial charge in [0, 0.05) is 38.2 Å². The number of aliphatic hydroxyl groups excluding tert-OH is 1. The van der Waals surface area contributed by atoms with Crippen molar-refractivity contribution in [3.63, 3.8) is 0 Å². The third-order valence-corrected chi connectivity index (χ3v) is 3.53. The molecule has 0 aliphatic rings. The minimum absolute atomic E-state index is 0.139. The largest absolute Gasteiger partial charge is 0.396 e. The van der Waals surface area contributed by atoms with Crippen LogP contribution in [0.4, 0.5) is 0 Å². The van der Waals surface area contributed by atoms with E-state index < -0.39 is 0 Å². The molecule has 2 N–H and O–H groups in total. The normalized spacial score (nSPS) is 14.0. The topological polar surface area (TPSA) is 59.3 Å². The highest BCUT2D eigenvalue weighted by atomic mass is 16.5. The molecular formula is C16H23N3O2. The average Bonchev–Trinajstić information content (AvgIpc) is 3.00. The summed E-state index contributed by atoms with van der Waals surface area (Å²) in [5.74, 6) is 0. The number of nitrogens with zero attached hydrogens (tertiary/aromatic N) is 2. The summed E-state index contributed by atoms with van der Waals surface area (Å²) in [6.07, 6.45) is 4.34. The van der Waals surface area contributed by atoms with Gasteiger partial charge in [-0.05, 0) is 37.1 Å². The number of methoxy groups -OCH3 is 1. The fourth-order valence-electron chi connectivity index (χ4n) is 2.32. The Hall–Kier alpha value is -1.69. The number of benzene rings is 1. The predicted molar refractivity (Wildman–Crippen MR) is 82.4 cm³/mol. The van der Waals surface area contributed by atoms with Gasteiger partial charge in [-0.2, -0.15) is 5.10 Å². The summed E-state index contributed by atoms with van der Waals surface area (Å²) in [5.41, 5.74) is 1.98. The Morgan fingerprint density at radius 1 is 1.38 bits per heavy atom. The minimum atomic E-state index is -0.231. The Balaban J connectivity index is 2.04. The highest BCUT2D eigenvalue weighted by molar-refractivity contribution is 5.35. The highest BCUT2D eigenvalue weighted by Crippen LogP contribution is 2.13. The van der Waals surface area contributed by atoms with E-state index >= 15 is 0 Å². The van der Waals surface area contributed by atoms with Crippen LogP contribution in [0.3, 0.4) is 0 Å². The Morgan fingerprint density at radius 2 is 2.24 bits per heavy atom. The first-order valence-corrected chi connectivity index (χ1v) is 7.11. The molecule has 0 radical (unpaired) electrons. The summed E-state index contributed by atoms with van der Waals surface area (Å²) in [4.78, 5) is 0. The van der Waals surface area contributed by atoms with Gasteiger partial charge < -0.3 is 15.2 Å². The maximum atomic E-state index is 9.19. The van der Waals surface area contributed by atoms with Crippen molar-refractivity contribution >= 4 is 0 Å². The van der Waals surface area contributed by atoms with E-state index in [9.17, 15) is 5.11 Å². The van der Waals surface area contributed by atoms with Crippen molar-refractivity contribution in [3.8, 4) is 5.69 Å². The summed E-state index contributed by atoms with van der Waals surface area (Å²) >= 11 is 0. The second-order valence-electron chi connectivity index (χ2n) is 5.44. The Kier molecular flexibility index (Phi) is 5.50. The second kappa shape index (κ2) is 7.36. The second-order valence-corrected chi connectivity index (χ2v) is 5.44. The van der Waals surface area contributed by atoms with Crippen LogP contribution < -0.4 is 5.32 Å². The van der Waals surface area contributed by atoms with Crippen molar-refractivity contribution in [2.75, 3.05) is 20.3 Å². The Morgan fingerprint density at radius 3 is 2.90 bits per heavy atom. The number of rotatable bonds is 8. The van der Waals surface area contributed by atoms with Gasteiger partial charge in [-0.15, -0.1) is 0 Å². The van der Waals surface area contributed by atoms with Crippen molar-refractivity contribution in [1.29, 1.82) is 0 Å². The molecule has 5 nitrogen and oxygen atoms in total. The number of hydrogen-bond donors (Lipinski definition) is 2. The number of ether oxygens (including phenoxy) is 1. The van der Waals surface area contributed by atoms with E-state index in [1.807, 2.05) is 29.1 Å². The summed E-state index contributed by atoms with van der Waals surface area (Å²) < 4.78 is 7.08. The molecule has 0 aliphatic carbocycles. The smallest absolute Gasteiger partial charge is 0.0648 e. The lowest BCUT2D eigenvalue weighted by atomic mass is 9.99. The van der Waals surface area contributed by atoms with E-state index in [1.54, 1.807) is 13.3 Å². The molecule has 1 atom stereocenters. The quantitative estimate of drug-likeness (QED) is 0.777. The van der Waals surface area contributed by atoms with Crippen LogP contribution in [0.15, 0.2) is 42.7 Å². The maximum Gasteiger partial charge on any atom is 0.0648 e. The molecule has 0 spiro atoms. The van der Waals surface area contributed by atoms with Crippen LogP contribution in [0, 0.1) is 0 Å². The molecule has 1 heterocycles. The lowest BCUT2D eigenvalue weighted by Crippen LogP contribution is -2.46. The number of hydrogen-bond acceptors (Lipinski definition) is 4. The molecular weight excluding hydrogens is 266 g/mol. The molecule has 0 aliphatic heterocycles. The van der Waals surface area contributed by atoms with Crippen LogP contribution in [0.5, 0.6) is 0 Å². The Labute approximate surface area is 125 Å². The first-order chi connectivity index (χ1) is 10.2. The number of aliphatic hydroxyl groups is 1. The van der Waals surface area contributed by atoms with Gasteiger partial charge in [0.25, 0.3) is 0 Å². The average molecular weight is 289 g/mol. The van der Waals surface area contributed by atoms with Crippen molar-refractivity contribution in [1.82, 2.24) is 15.1 Å². The lowest BCUT2D eigenvalue weighted by molar-refractivity contribution is 0.0969. The molecule has 1 aromatic heterocycles. The van der Waals surface area contributed by atoms with E-state index in [1.165, 1.54) is 5.56 Å². The molecule has 1 aromatic carbocycles. The molecule has 0 amide bonds. The van der Waals surface area contributed by atoms with Gasteiger partial charge in [0.05, 0.1) is 12.3 Å². The third kappa shape index (κ3) is 4.39. The van der Waals surface area contributed by atoms with Crippen molar-refractivity contribution in [2.45, 2.75) is 25.4 Å². The summed E-state index contributed by atoms with van der Waals surface area (Å²) in [6, 6.07) is 10.1. The van der Waals surface area contributed by atoms with Crippen LogP contribution >= 0.6 is 0 Å². The van der Waals surface area contributed by atoms with Gasteiger partial charge in [0.2, 0.25) is 0 Å². The first kappa shape index (κ1) is 15.7. The van der Waals surface area contributed by atoms with E-state index in [-0.39, 0.29) is 12.1 Å². The SMILES string of the molecule is COCC(C)(CCO)NCc1cccc(-n2cccn2)c1. The van der Waals surface area contributed by atoms with E-state index in [2.05, 4.69) is 29.5 Å². The molecule has 0 bridgehead atoms. The zero-order chi connectivity index (χ0) is 15.1. The van der Waals surface area contributed by atoms with Crippen molar-refractivity contribution in [2.24, 2.45) is 0 Å². The highest BCUT2D eigenvalue weighted by Gasteiger charge is 2.22. The molecule has 5 heteroatoms. The maximum absolute atomic E-state index is 9.19. The number of nitrogens with one attached hydrogen (secondary N) is 1. The molecule has 1 unspecified atom stereocenters. The monoisotopic (exact) mass is 289 g/mol. The summed E-state index contributed by atoms with van der Waals surface area (Å²) in [5, 5.41) is 16.9. The molecule has 0 saturated heterocycles. The van der Waals surface area contributed by atoms with Crippen LogP contribution in [0.1, 0.15) is 18.9 Å². The summed E-state index contributed by atoms with van der Waals surface area (Å²) in [6.45, 7) is 3.48. The van der Waals surface area contributed by atoms with Gasteiger partial charge >= 0.3 is 0 Å². The van der Waals surface area contributed by atoms with Gasteiger partial charge in [0.15, 0.2) is 0 Å². The van der Waals surface area contributed by atoms with Crippen molar-refractivity contribution in [3.05, 3.63) is 48.3 Å². The third-order valence-electron chi connectivity index (χ3n) is 3.53. The molecule has 2 rings (SSSR count). The van der Waals surface area contributed by atoms with Crippen LogP contribution in [-0.2, 0) is 11.3 Å². The molecule has 2 aromatic rings. The van der Waals surface area contributed by atoms with Gasteiger partial charge in [0.1, 0.15) is 0 Å². The van der Waals surface area contributed by atoms with Crippen LogP contribution in [0.2, 0.25) is 0 Å². The Bertz CT molecular complexity index is 534. The van der Waals surface area contributed by atoms with Crippen LogP contribution in [-0.4, -0.2) is 40.7 Å². The van der Waals surface area contributed by atoms with E-state index in [4.69, 9.17) is 4.74 Å². The van der Waals surface area contributed by atoms with Gasteiger partial charge in [-0.25, -0.2) is 4.68 Å².